The van der Waals surface area contributed by atoms with Gasteiger partial charge in [0.1, 0.15) is 5.75 Å². The molecule has 0 aromatic heterocycles. The number of hydrogen-bond acceptors (Lipinski definition) is 2. The maximum absolute atomic E-state index is 5.47. The molecule has 2 nitrogen and oxygen atoms in total. The first kappa shape index (κ1) is 10.5. The molecule has 0 fully saturated rings. The lowest BCUT2D eigenvalue weighted by molar-refractivity contribution is 0.410. The van der Waals surface area contributed by atoms with Crippen LogP contribution in [0.2, 0.25) is 0 Å². The molecule has 0 atom stereocenters. The van der Waals surface area contributed by atoms with Gasteiger partial charge in [0, 0.05) is 16.5 Å². The number of methoxy groups -OCH3 is 1. The second-order valence-electron chi connectivity index (χ2n) is 2.56. The molecule has 0 aliphatic carbocycles. The third-order valence-corrected chi connectivity index (χ3v) is 2.53. The topological polar surface area (TPSA) is 35.2 Å². The fourth-order valence-corrected chi connectivity index (χ4v) is 1.71. The van der Waals surface area contributed by atoms with Crippen molar-refractivity contribution >= 4 is 33.1 Å². The van der Waals surface area contributed by atoms with E-state index < -0.39 is 0 Å². The van der Waals surface area contributed by atoms with Crippen molar-refractivity contribution in [3.8, 4) is 5.75 Å². The fraction of sp³-hybridized carbons (Fsp3) is 0.222. The first-order valence-corrected chi connectivity index (χ1v) is 4.95. The van der Waals surface area contributed by atoms with E-state index in [2.05, 4.69) is 15.9 Å². The molecule has 0 aliphatic rings. The van der Waals surface area contributed by atoms with Gasteiger partial charge in [0.2, 0.25) is 0 Å². The molecule has 1 aromatic carbocycles. The highest BCUT2D eigenvalue weighted by molar-refractivity contribution is 9.10. The summed E-state index contributed by atoms with van der Waals surface area (Å²) in [6.45, 7) is 0. The molecule has 1 rings (SSSR count). The molecule has 0 spiro atoms. The molecule has 4 heteroatoms. The highest BCUT2D eigenvalue weighted by atomic mass is 79.9. The molecule has 13 heavy (non-hydrogen) atoms. The van der Waals surface area contributed by atoms with Crippen LogP contribution in [0.5, 0.6) is 5.75 Å². The van der Waals surface area contributed by atoms with E-state index in [1.165, 1.54) is 0 Å². The van der Waals surface area contributed by atoms with E-state index >= 15 is 0 Å². The third kappa shape index (κ3) is 2.67. The van der Waals surface area contributed by atoms with Gasteiger partial charge in [0.25, 0.3) is 0 Å². The molecule has 0 heterocycles. The van der Waals surface area contributed by atoms with Crippen molar-refractivity contribution in [1.82, 2.24) is 0 Å². The van der Waals surface area contributed by atoms with E-state index in [4.69, 9.17) is 22.7 Å². The zero-order chi connectivity index (χ0) is 9.84. The molecular weight excluding hydrogens is 250 g/mol. The van der Waals surface area contributed by atoms with Gasteiger partial charge in [-0.3, -0.25) is 0 Å². The SMILES string of the molecule is COc1cccc(Br)c1CC(N)=S. The Morgan fingerprint density at radius 3 is 2.85 bits per heavy atom. The molecular formula is C9H10BrNOS. The molecule has 70 valence electrons. The molecule has 0 radical (unpaired) electrons. The summed E-state index contributed by atoms with van der Waals surface area (Å²) in [6, 6.07) is 5.74. The van der Waals surface area contributed by atoms with Crippen molar-refractivity contribution in [2.75, 3.05) is 7.11 Å². The number of halogens is 1. The predicted octanol–water partition coefficient (Wildman–Crippen LogP) is 2.29. The van der Waals surface area contributed by atoms with Gasteiger partial charge in [-0.05, 0) is 12.1 Å². The number of thiocarbonyl (C=S) groups is 1. The summed E-state index contributed by atoms with van der Waals surface area (Å²) < 4.78 is 6.15. The number of rotatable bonds is 3. The number of nitrogens with two attached hydrogens (primary N) is 1. The van der Waals surface area contributed by atoms with Crippen LogP contribution in [0.25, 0.3) is 0 Å². The molecule has 2 N–H and O–H groups in total. The summed E-state index contributed by atoms with van der Waals surface area (Å²) in [5, 5.41) is 0. The highest BCUT2D eigenvalue weighted by Crippen LogP contribution is 2.26. The Hall–Kier alpha value is -0.610. The lowest BCUT2D eigenvalue weighted by atomic mass is 10.1. The van der Waals surface area contributed by atoms with Crippen LogP contribution in [-0.2, 0) is 6.42 Å². The van der Waals surface area contributed by atoms with E-state index in [9.17, 15) is 0 Å². The summed E-state index contributed by atoms with van der Waals surface area (Å²) in [5.74, 6) is 0.808. The van der Waals surface area contributed by atoms with E-state index in [1.54, 1.807) is 7.11 Å². The summed E-state index contributed by atoms with van der Waals surface area (Å²) >= 11 is 8.27. The minimum atomic E-state index is 0.463. The quantitative estimate of drug-likeness (QED) is 0.847. The van der Waals surface area contributed by atoms with Gasteiger partial charge in [-0.1, -0.05) is 34.2 Å². The summed E-state index contributed by atoms with van der Waals surface area (Å²) in [6.07, 6.45) is 0.555. The van der Waals surface area contributed by atoms with E-state index in [1.807, 2.05) is 18.2 Å². The van der Waals surface area contributed by atoms with Crippen LogP contribution in [0.3, 0.4) is 0 Å². The summed E-state index contributed by atoms with van der Waals surface area (Å²) in [5.41, 5.74) is 6.47. The smallest absolute Gasteiger partial charge is 0.123 e. The average Bonchev–Trinajstić information content (AvgIpc) is 2.08. The van der Waals surface area contributed by atoms with Crippen LogP contribution >= 0.6 is 28.1 Å². The Balaban J connectivity index is 3.07. The number of hydrogen-bond donors (Lipinski definition) is 1. The predicted molar refractivity (Wildman–Crippen MR) is 61.2 cm³/mol. The minimum absolute atomic E-state index is 0.463. The molecule has 0 saturated heterocycles. The normalized spacial score (nSPS) is 9.69. The lowest BCUT2D eigenvalue weighted by Gasteiger charge is -2.09. The Kier molecular flexibility index (Phi) is 3.69. The van der Waals surface area contributed by atoms with Crippen molar-refractivity contribution in [2.24, 2.45) is 5.73 Å². The van der Waals surface area contributed by atoms with E-state index in [0.29, 0.717) is 11.4 Å². The zero-order valence-corrected chi connectivity index (χ0v) is 9.61. The molecule has 0 bridgehead atoms. The monoisotopic (exact) mass is 259 g/mol. The fourth-order valence-electron chi connectivity index (χ4n) is 1.08. The number of ether oxygens (including phenoxy) is 1. The Morgan fingerprint density at radius 2 is 2.31 bits per heavy atom. The second-order valence-corrected chi connectivity index (χ2v) is 3.94. The minimum Gasteiger partial charge on any atom is -0.496 e. The maximum atomic E-state index is 5.47. The molecule has 1 aromatic rings. The first-order valence-electron chi connectivity index (χ1n) is 3.75. The van der Waals surface area contributed by atoms with Gasteiger partial charge in [0.15, 0.2) is 0 Å². The van der Waals surface area contributed by atoms with Crippen LogP contribution < -0.4 is 10.5 Å². The van der Waals surface area contributed by atoms with Crippen molar-refractivity contribution in [3.63, 3.8) is 0 Å². The van der Waals surface area contributed by atoms with Crippen molar-refractivity contribution in [2.45, 2.75) is 6.42 Å². The first-order chi connectivity index (χ1) is 6.15. The maximum Gasteiger partial charge on any atom is 0.123 e. The third-order valence-electron chi connectivity index (χ3n) is 1.65. The van der Waals surface area contributed by atoms with Gasteiger partial charge >= 0.3 is 0 Å². The van der Waals surface area contributed by atoms with Crippen LogP contribution in [0.1, 0.15) is 5.56 Å². The van der Waals surface area contributed by atoms with Crippen molar-refractivity contribution in [3.05, 3.63) is 28.2 Å². The van der Waals surface area contributed by atoms with Gasteiger partial charge < -0.3 is 10.5 Å². The van der Waals surface area contributed by atoms with Crippen molar-refractivity contribution in [1.29, 1.82) is 0 Å². The summed E-state index contributed by atoms with van der Waals surface area (Å²) in [7, 11) is 1.63. The van der Waals surface area contributed by atoms with Gasteiger partial charge in [-0.25, -0.2) is 0 Å². The summed E-state index contributed by atoms with van der Waals surface area (Å²) in [4.78, 5) is 0.463. The average molecular weight is 260 g/mol. The Labute approximate surface area is 91.2 Å². The standard InChI is InChI=1S/C9H10BrNOS/c1-12-8-4-2-3-7(10)6(8)5-9(11)13/h2-4H,5H2,1H3,(H2,11,13). The number of benzene rings is 1. The molecule has 0 aliphatic heterocycles. The highest BCUT2D eigenvalue weighted by Gasteiger charge is 2.07. The van der Waals surface area contributed by atoms with Crippen LogP contribution in [0, 0.1) is 0 Å². The van der Waals surface area contributed by atoms with E-state index in [0.717, 1.165) is 15.8 Å². The second kappa shape index (κ2) is 4.58. The van der Waals surface area contributed by atoms with Crippen molar-refractivity contribution < 1.29 is 4.74 Å². The molecule has 0 unspecified atom stereocenters. The van der Waals surface area contributed by atoms with E-state index in [-0.39, 0.29) is 0 Å². The Bertz CT molecular complexity index is 327. The molecule has 0 saturated carbocycles. The van der Waals surface area contributed by atoms with Gasteiger partial charge in [-0.15, -0.1) is 0 Å². The van der Waals surface area contributed by atoms with Crippen LogP contribution in [-0.4, -0.2) is 12.1 Å². The molecule has 0 amide bonds. The van der Waals surface area contributed by atoms with Crippen LogP contribution in [0.15, 0.2) is 22.7 Å². The Morgan fingerprint density at radius 1 is 1.62 bits per heavy atom. The van der Waals surface area contributed by atoms with Gasteiger partial charge in [0.05, 0.1) is 12.1 Å². The largest absolute Gasteiger partial charge is 0.496 e. The lowest BCUT2D eigenvalue weighted by Crippen LogP contribution is -2.12. The zero-order valence-electron chi connectivity index (χ0n) is 7.21. The van der Waals surface area contributed by atoms with Gasteiger partial charge in [-0.2, -0.15) is 0 Å². The van der Waals surface area contributed by atoms with Crippen LogP contribution in [0.4, 0.5) is 0 Å².